The van der Waals surface area contributed by atoms with Crippen LogP contribution < -0.4 is 5.32 Å². The molecule has 1 aliphatic rings. The fourth-order valence-electron chi connectivity index (χ4n) is 2.69. The summed E-state index contributed by atoms with van der Waals surface area (Å²) < 4.78 is 0.858. The second-order valence-corrected chi connectivity index (χ2v) is 6.60. The third-order valence-corrected chi connectivity index (χ3v) is 4.97. The van der Waals surface area contributed by atoms with Crippen molar-refractivity contribution >= 4 is 22.9 Å². The summed E-state index contributed by atoms with van der Waals surface area (Å²) in [5.74, 6) is 0. The van der Waals surface area contributed by atoms with Crippen molar-refractivity contribution in [2.75, 3.05) is 6.61 Å². The van der Waals surface area contributed by atoms with Crippen LogP contribution in [0.5, 0.6) is 0 Å². The molecule has 0 amide bonds. The molecule has 4 heteroatoms. The van der Waals surface area contributed by atoms with Crippen LogP contribution in [0.2, 0.25) is 4.34 Å². The van der Waals surface area contributed by atoms with E-state index >= 15 is 0 Å². The molecule has 1 heterocycles. The molecule has 0 aliphatic heterocycles. The predicted molar refractivity (Wildman–Crippen MR) is 79.8 cm³/mol. The van der Waals surface area contributed by atoms with Gasteiger partial charge in [0.2, 0.25) is 0 Å². The molecule has 2 N–H and O–H groups in total. The number of halogens is 1. The lowest BCUT2D eigenvalue weighted by atomic mass is 10.1. The van der Waals surface area contributed by atoms with E-state index in [2.05, 4.69) is 11.4 Å². The van der Waals surface area contributed by atoms with Gasteiger partial charge in [-0.1, -0.05) is 41.9 Å². The average molecular weight is 294 g/mol. The number of fused-ring (bicyclic) bond motifs is 1. The first-order chi connectivity index (χ1) is 9.28. The summed E-state index contributed by atoms with van der Waals surface area (Å²) in [5, 5.41) is 13.2. The standard InChI is InChI=1S/C15H16ClNOS/c16-15-8-11-12(6-7-14(11)19-15)17-13(9-18)10-4-2-1-3-5-10/h1-5,8,12-13,17-18H,6-7,9H2/t12?,13-/m0/s1. The Labute approximate surface area is 122 Å². The number of nitrogens with one attached hydrogen (secondary N) is 1. The minimum atomic E-state index is -0.0178. The second-order valence-electron chi connectivity index (χ2n) is 4.83. The molecule has 0 bridgehead atoms. The van der Waals surface area contributed by atoms with E-state index in [1.165, 1.54) is 10.4 Å². The third-order valence-electron chi connectivity index (χ3n) is 3.63. The van der Waals surface area contributed by atoms with Crippen LogP contribution in [0, 0.1) is 0 Å². The Morgan fingerprint density at radius 2 is 2.16 bits per heavy atom. The van der Waals surface area contributed by atoms with E-state index in [1.807, 2.05) is 30.3 Å². The van der Waals surface area contributed by atoms with Crippen LogP contribution in [-0.2, 0) is 6.42 Å². The van der Waals surface area contributed by atoms with E-state index in [0.29, 0.717) is 6.04 Å². The quantitative estimate of drug-likeness (QED) is 0.901. The van der Waals surface area contributed by atoms with Gasteiger partial charge < -0.3 is 10.4 Å². The minimum Gasteiger partial charge on any atom is -0.394 e. The highest BCUT2D eigenvalue weighted by Gasteiger charge is 2.27. The number of thiophene rings is 1. The first-order valence-corrected chi connectivity index (χ1v) is 7.67. The van der Waals surface area contributed by atoms with Gasteiger partial charge in [0.05, 0.1) is 17.0 Å². The largest absolute Gasteiger partial charge is 0.394 e. The van der Waals surface area contributed by atoms with Gasteiger partial charge in [-0.2, -0.15) is 0 Å². The van der Waals surface area contributed by atoms with Crippen LogP contribution in [0.15, 0.2) is 36.4 Å². The van der Waals surface area contributed by atoms with Crippen LogP contribution in [0.1, 0.15) is 34.5 Å². The maximum atomic E-state index is 9.61. The average Bonchev–Trinajstić information content (AvgIpc) is 2.97. The zero-order valence-corrected chi connectivity index (χ0v) is 12.0. The van der Waals surface area contributed by atoms with Crippen LogP contribution in [0.3, 0.4) is 0 Å². The number of aliphatic hydroxyl groups excluding tert-OH is 1. The topological polar surface area (TPSA) is 32.3 Å². The molecule has 0 saturated carbocycles. The maximum Gasteiger partial charge on any atom is 0.0934 e. The van der Waals surface area contributed by atoms with Crippen molar-refractivity contribution in [3.05, 3.63) is 56.7 Å². The van der Waals surface area contributed by atoms with E-state index in [0.717, 1.165) is 22.7 Å². The van der Waals surface area contributed by atoms with Crippen molar-refractivity contribution in [1.82, 2.24) is 5.32 Å². The predicted octanol–water partition coefficient (Wildman–Crippen LogP) is 3.71. The van der Waals surface area contributed by atoms with E-state index in [-0.39, 0.29) is 12.6 Å². The summed E-state index contributed by atoms with van der Waals surface area (Å²) in [5.41, 5.74) is 2.43. The van der Waals surface area contributed by atoms with Crippen molar-refractivity contribution in [2.24, 2.45) is 0 Å². The number of rotatable bonds is 4. The molecule has 1 unspecified atom stereocenters. The van der Waals surface area contributed by atoms with Crippen LogP contribution in [0.25, 0.3) is 0 Å². The first kappa shape index (κ1) is 13.1. The molecule has 0 fully saturated rings. The molecule has 2 nitrogen and oxygen atoms in total. The van der Waals surface area contributed by atoms with Gasteiger partial charge in [-0.25, -0.2) is 0 Å². The van der Waals surface area contributed by atoms with Crippen molar-refractivity contribution in [1.29, 1.82) is 0 Å². The monoisotopic (exact) mass is 293 g/mol. The Hall–Kier alpha value is -0.870. The van der Waals surface area contributed by atoms with E-state index < -0.39 is 0 Å². The molecule has 3 rings (SSSR count). The molecule has 100 valence electrons. The van der Waals surface area contributed by atoms with Gasteiger partial charge in [-0.05, 0) is 30.0 Å². The Kier molecular flexibility index (Phi) is 3.89. The highest BCUT2D eigenvalue weighted by molar-refractivity contribution is 7.16. The third kappa shape index (κ3) is 2.70. The highest BCUT2D eigenvalue weighted by Crippen LogP contribution is 2.40. The number of hydrogen-bond acceptors (Lipinski definition) is 3. The van der Waals surface area contributed by atoms with Gasteiger partial charge in [-0.15, -0.1) is 11.3 Å². The highest BCUT2D eigenvalue weighted by atomic mass is 35.5. The smallest absolute Gasteiger partial charge is 0.0934 e. The number of hydrogen-bond donors (Lipinski definition) is 2. The van der Waals surface area contributed by atoms with E-state index in [4.69, 9.17) is 11.6 Å². The molecule has 1 aromatic heterocycles. The molecule has 1 aliphatic carbocycles. The minimum absolute atomic E-state index is 0.0178. The summed E-state index contributed by atoms with van der Waals surface area (Å²) in [7, 11) is 0. The Morgan fingerprint density at radius 3 is 2.89 bits per heavy atom. The number of benzene rings is 1. The molecule has 19 heavy (non-hydrogen) atoms. The summed E-state index contributed by atoms with van der Waals surface area (Å²) in [6, 6.07) is 12.4. The fraction of sp³-hybridized carbons (Fsp3) is 0.333. The maximum absolute atomic E-state index is 9.61. The second kappa shape index (κ2) is 5.63. The first-order valence-electron chi connectivity index (χ1n) is 6.48. The molecular formula is C15H16ClNOS. The Balaban J connectivity index is 1.78. The Bertz CT molecular complexity index is 555. The van der Waals surface area contributed by atoms with Gasteiger partial charge in [0, 0.05) is 10.9 Å². The molecule has 0 radical (unpaired) electrons. The van der Waals surface area contributed by atoms with E-state index in [1.54, 1.807) is 11.3 Å². The van der Waals surface area contributed by atoms with Gasteiger partial charge in [-0.3, -0.25) is 0 Å². The molecule has 1 aromatic carbocycles. The molecule has 0 spiro atoms. The van der Waals surface area contributed by atoms with Crippen LogP contribution in [-0.4, -0.2) is 11.7 Å². The Morgan fingerprint density at radius 1 is 1.37 bits per heavy atom. The van der Waals surface area contributed by atoms with Crippen LogP contribution in [0.4, 0.5) is 0 Å². The molecular weight excluding hydrogens is 278 g/mol. The fourth-order valence-corrected chi connectivity index (χ4v) is 4.04. The van der Waals surface area contributed by atoms with Crippen LogP contribution >= 0.6 is 22.9 Å². The summed E-state index contributed by atoms with van der Waals surface area (Å²) in [6.07, 6.45) is 2.17. The van der Waals surface area contributed by atoms with Gasteiger partial charge in [0.1, 0.15) is 0 Å². The van der Waals surface area contributed by atoms with Crippen molar-refractivity contribution in [3.8, 4) is 0 Å². The SMILES string of the molecule is OC[C@H](NC1CCc2sc(Cl)cc21)c1ccccc1. The molecule has 0 saturated heterocycles. The van der Waals surface area contributed by atoms with Crippen molar-refractivity contribution in [2.45, 2.75) is 24.9 Å². The van der Waals surface area contributed by atoms with Gasteiger partial charge in [0.25, 0.3) is 0 Å². The summed E-state index contributed by atoms with van der Waals surface area (Å²) >= 11 is 7.75. The lowest BCUT2D eigenvalue weighted by molar-refractivity contribution is 0.233. The zero-order chi connectivity index (χ0) is 13.2. The number of aliphatic hydroxyl groups is 1. The number of aryl methyl sites for hydroxylation is 1. The molecule has 2 atom stereocenters. The van der Waals surface area contributed by atoms with Crippen molar-refractivity contribution in [3.63, 3.8) is 0 Å². The van der Waals surface area contributed by atoms with E-state index in [9.17, 15) is 5.11 Å². The summed E-state index contributed by atoms with van der Waals surface area (Å²) in [4.78, 5) is 1.38. The molecule has 2 aromatic rings. The normalized spacial score (nSPS) is 19.4. The lowest BCUT2D eigenvalue weighted by Gasteiger charge is -2.22. The van der Waals surface area contributed by atoms with Crippen molar-refractivity contribution < 1.29 is 5.11 Å². The lowest BCUT2D eigenvalue weighted by Crippen LogP contribution is -2.27. The van der Waals surface area contributed by atoms with Gasteiger partial charge >= 0.3 is 0 Å². The zero-order valence-electron chi connectivity index (χ0n) is 10.5. The summed E-state index contributed by atoms with van der Waals surface area (Å²) in [6.45, 7) is 0.105. The van der Waals surface area contributed by atoms with Gasteiger partial charge in [0.15, 0.2) is 0 Å².